The molecule has 0 spiro atoms. The van der Waals surface area contributed by atoms with Gasteiger partial charge in [-0.25, -0.2) is 0 Å². The van der Waals surface area contributed by atoms with Crippen molar-refractivity contribution in [2.45, 2.75) is 51.9 Å². The van der Waals surface area contributed by atoms with Crippen molar-refractivity contribution in [1.29, 1.82) is 0 Å². The van der Waals surface area contributed by atoms with Gasteiger partial charge in [-0.2, -0.15) is 0 Å². The lowest BCUT2D eigenvalue weighted by Crippen LogP contribution is -2.42. The van der Waals surface area contributed by atoms with Crippen LogP contribution in [0.3, 0.4) is 0 Å². The molecule has 2 aliphatic rings. The summed E-state index contributed by atoms with van der Waals surface area (Å²) in [4.78, 5) is 14.6. The molecule has 2 fully saturated rings. The molecule has 0 aromatic carbocycles. The third-order valence-corrected chi connectivity index (χ3v) is 5.11. The second-order valence-electron chi connectivity index (χ2n) is 6.60. The Morgan fingerprint density at radius 1 is 1.35 bits per heavy atom. The van der Waals surface area contributed by atoms with Crippen molar-refractivity contribution >= 4 is 5.91 Å². The van der Waals surface area contributed by atoms with E-state index in [0.717, 1.165) is 45.6 Å². The van der Waals surface area contributed by atoms with Crippen LogP contribution in [-0.4, -0.2) is 43.7 Å². The first kappa shape index (κ1) is 15.8. The standard InChI is InChI=1S/C16H30N2O2/c1-2-18(11-14-6-9-20-12-14)15(19)10-16(13-17)7-4-3-5-8-16/h14H,2-13,17H2,1H3. The summed E-state index contributed by atoms with van der Waals surface area (Å²) in [6.45, 7) is 6.05. The lowest BCUT2D eigenvalue weighted by atomic mass is 9.71. The molecule has 2 N–H and O–H groups in total. The van der Waals surface area contributed by atoms with Crippen LogP contribution in [0, 0.1) is 11.3 Å². The number of hydrogen-bond acceptors (Lipinski definition) is 3. The summed E-state index contributed by atoms with van der Waals surface area (Å²) in [6, 6.07) is 0. The Kier molecular flexibility index (Phi) is 5.85. The molecule has 1 saturated heterocycles. The highest BCUT2D eigenvalue weighted by Gasteiger charge is 2.34. The third-order valence-electron chi connectivity index (χ3n) is 5.11. The summed E-state index contributed by atoms with van der Waals surface area (Å²) in [5.41, 5.74) is 6.08. The molecule has 0 radical (unpaired) electrons. The van der Waals surface area contributed by atoms with Gasteiger partial charge in [0, 0.05) is 32.0 Å². The molecule has 0 bridgehead atoms. The molecule has 4 nitrogen and oxygen atoms in total. The second kappa shape index (κ2) is 7.41. The maximum absolute atomic E-state index is 12.6. The van der Waals surface area contributed by atoms with Gasteiger partial charge in [0.15, 0.2) is 0 Å². The number of hydrogen-bond donors (Lipinski definition) is 1. The first-order valence-corrected chi connectivity index (χ1v) is 8.25. The molecule has 20 heavy (non-hydrogen) atoms. The van der Waals surface area contributed by atoms with Crippen LogP contribution < -0.4 is 5.73 Å². The number of amides is 1. The molecule has 116 valence electrons. The minimum absolute atomic E-state index is 0.0783. The lowest BCUT2D eigenvalue weighted by Gasteiger charge is -2.37. The van der Waals surface area contributed by atoms with Gasteiger partial charge in [0.05, 0.1) is 6.61 Å². The van der Waals surface area contributed by atoms with Crippen LogP contribution in [0.4, 0.5) is 0 Å². The predicted octanol–water partition coefficient (Wildman–Crippen LogP) is 2.17. The number of nitrogens with two attached hydrogens (primary N) is 1. The Hall–Kier alpha value is -0.610. The van der Waals surface area contributed by atoms with E-state index in [1.54, 1.807) is 0 Å². The van der Waals surface area contributed by atoms with E-state index in [0.29, 0.717) is 24.8 Å². The van der Waals surface area contributed by atoms with Gasteiger partial charge in [-0.15, -0.1) is 0 Å². The molecule has 4 heteroatoms. The molecule has 1 aliphatic heterocycles. The van der Waals surface area contributed by atoms with E-state index in [9.17, 15) is 4.79 Å². The minimum atomic E-state index is 0.0783. The molecule has 2 rings (SSSR count). The topological polar surface area (TPSA) is 55.6 Å². The molecule has 1 unspecified atom stereocenters. The van der Waals surface area contributed by atoms with E-state index in [1.165, 1.54) is 19.3 Å². The molecule has 0 aromatic heterocycles. The van der Waals surface area contributed by atoms with Crippen LogP contribution in [0.2, 0.25) is 0 Å². The largest absolute Gasteiger partial charge is 0.381 e. The van der Waals surface area contributed by atoms with Gasteiger partial charge in [0.1, 0.15) is 0 Å². The Labute approximate surface area is 123 Å². The highest BCUT2D eigenvalue weighted by Crippen LogP contribution is 2.38. The van der Waals surface area contributed by atoms with Crippen molar-refractivity contribution < 1.29 is 9.53 Å². The van der Waals surface area contributed by atoms with Gasteiger partial charge in [-0.1, -0.05) is 19.3 Å². The fourth-order valence-corrected chi connectivity index (χ4v) is 3.63. The Balaban J connectivity index is 1.89. The lowest BCUT2D eigenvalue weighted by molar-refractivity contribution is -0.134. The second-order valence-corrected chi connectivity index (χ2v) is 6.60. The Morgan fingerprint density at radius 2 is 2.10 bits per heavy atom. The summed E-state index contributed by atoms with van der Waals surface area (Å²) in [7, 11) is 0. The fraction of sp³-hybridized carbons (Fsp3) is 0.938. The maximum atomic E-state index is 12.6. The zero-order valence-electron chi connectivity index (χ0n) is 12.9. The molecule has 1 amide bonds. The number of carbonyl (C=O) groups is 1. The number of ether oxygens (including phenoxy) is 1. The van der Waals surface area contributed by atoms with E-state index in [2.05, 4.69) is 6.92 Å². The average molecular weight is 282 g/mol. The van der Waals surface area contributed by atoms with Gasteiger partial charge in [-0.05, 0) is 38.1 Å². The van der Waals surface area contributed by atoms with Crippen LogP contribution in [0.5, 0.6) is 0 Å². The predicted molar refractivity (Wildman–Crippen MR) is 80.4 cm³/mol. The van der Waals surface area contributed by atoms with Crippen molar-refractivity contribution in [2.75, 3.05) is 32.8 Å². The number of carbonyl (C=O) groups excluding carboxylic acids is 1. The van der Waals surface area contributed by atoms with Crippen molar-refractivity contribution in [1.82, 2.24) is 4.90 Å². The van der Waals surface area contributed by atoms with Crippen LogP contribution >= 0.6 is 0 Å². The zero-order chi connectivity index (χ0) is 14.4. The smallest absolute Gasteiger partial charge is 0.223 e. The Bertz CT molecular complexity index is 308. The molecule has 1 heterocycles. The van der Waals surface area contributed by atoms with Crippen LogP contribution in [0.25, 0.3) is 0 Å². The van der Waals surface area contributed by atoms with Crippen LogP contribution in [-0.2, 0) is 9.53 Å². The highest BCUT2D eigenvalue weighted by molar-refractivity contribution is 5.77. The van der Waals surface area contributed by atoms with Gasteiger partial charge in [0.25, 0.3) is 0 Å². The summed E-state index contributed by atoms with van der Waals surface area (Å²) in [5.74, 6) is 0.825. The highest BCUT2D eigenvalue weighted by atomic mass is 16.5. The van der Waals surface area contributed by atoms with Crippen molar-refractivity contribution in [3.63, 3.8) is 0 Å². The summed E-state index contributed by atoms with van der Waals surface area (Å²) in [6.07, 6.45) is 7.74. The minimum Gasteiger partial charge on any atom is -0.381 e. The van der Waals surface area contributed by atoms with E-state index < -0.39 is 0 Å². The first-order valence-electron chi connectivity index (χ1n) is 8.25. The maximum Gasteiger partial charge on any atom is 0.223 e. The number of rotatable bonds is 6. The molecule has 1 saturated carbocycles. The van der Waals surface area contributed by atoms with Crippen LogP contribution in [0.1, 0.15) is 51.9 Å². The third kappa shape index (κ3) is 3.95. The SMILES string of the molecule is CCN(CC1CCOC1)C(=O)CC1(CN)CCCCC1. The van der Waals surface area contributed by atoms with Gasteiger partial charge < -0.3 is 15.4 Å². The monoisotopic (exact) mass is 282 g/mol. The van der Waals surface area contributed by atoms with E-state index in [1.807, 2.05) is 4.90 Å². The molecular formula is C16H30N2O2. The number of nitrogens with zero attached hydrogens (tertiary/aromatic N) is 1. The van der Waals surface area contributed by atoms with Crippen LogP contribution in [0.15, 0.2) is 0 Å². The quantitative estimate of drug-likeness (QED) is 0.812. The van der Waals surface area contributed by atoms with E-state index in [-0.39, 0.29) is 5.41 Å². The van der Waals surface area contributed by atoms with Gasteiger partial charge in [-0.3, -0.25) is 4.79 Å². The van der Waals surface area contributed by atoms with E-state index >= 15 is 0 Å². The van der Waals surface area contributed by atoms with Crippen molar-refractivity contribution in [3.8, 4) is 0 Å². The molecular weight excluding hydrogens is 252 g/mol. The van der Waals surface area contributed by atoms with Crippen molar-refractivity contribution in [2.24, 2.45) is 17.1 Å². The molecule has 1 aliphatic carbocycles. The zero-order valence-corrected chi connectivity index (χ0v) is 12.9. The van der Waals surface area contributed by atoms with Gasteiger partial charge >= 0.3 is 0 Å². The van der Waals surface area contributed by atoms with Gasteiger partial charge in [0.2, 0.25) is 5.91 Å². The summed E-state index contributed by atoms with van der Waals surface area (Å²) in [5, 5.41) is 0. The fourth-order valence-electron chi connectivity index (χ4n) is 3.63. The molecule has 1 atom stereocenters. The Morgan fingerprint density at radius 3 is 2.65 bits per heavy atom. The summed E-state index contributed by atoms with van der Waals surface area (Å²) < 4.78 is 5.42. The van der Waals surface area contributed by atoms with Crippen molar-refractivity contribution in [3.05, 3.63) is 0 Å². The first-order chi connectivity index (χ1) is 9.69. The summed E-state index contributed by atoms with van der Waals surface area (Å²) >= 11 is 0. The average Bonchev–Trinajstić information content (AvgIpc) is 2.98. The normalized spacial score (nSPS) is 25.6. The molecule has 0 aromatic rings. The van der Waals surface area contributed by atoms with E-state index in [4.69, 9.17) is 10.5 Å².